The van der Waals surface area contributed by atoms with Gasteiger partial charge in [0.25, 0.3) is 0 Å². The van der Waals surface area contributed by atoms with E-state index in [1.54, 1.807) is 0 Å². The molecule has 2 aromatic heterocycles. The van der Waals surface area contributed by atoms with E-state index in [1.807, 2.05) is 0 Å². The molecule has 9 rings (SSSR count). The normalized spacial score (nSPS) is 13.8. The maximum absolute atomic E-state index is 2.47. The van der Waals surface area contributed by atoms with Crippen molar-refractivity contribution in [3.63, 3.8) is 0 Å². The minimum atomic E-state index is -0.131. The second kappa shape index (κ2) is 7.99. The molecule has 0 unspecified atom stereocenters. The minimum Gasteiger partial charge on any atom is -0.309 e. The van der Waals surface area contributed by atoms with Gasteiger partial charge in [-0.2, -0.15) is 0 Å². The average molecular weight is 525 g/mol. The van der Waals surface area contributed by atoms with Gasteiger partial charge in [0.1, 0.15) is 0 Å². The van der Waals surface area contributed by atoms with Crippen molar-refractivity contribution in [2.75, 3.05) is 0 Å². The van der Waals surface area contributed by atoms with Crippen molar-refractivity contribution in [1.82, 2.24) is 9.13 Å². The summed E-state index contributed by atoms with van der Waals surface area (Å²) in [6.45, 7) is 4.76. The van der Waals surface area contributed by atoms with Crippen LogP contribution in [0.3, 0.4) is 0 Å². The first-order chi connectivity index (χ1) is 20.1. The first-order valence-corrected chi connectivity index (χ1v) is 14.4. The second-order valence-corrected chi connectivity index (χ2v) is 11.8. The van der Waals surface area contributed by atoms with Crippen molar-refractivity contribution in [3.8, 4) is 22.5 Å². The van der Waals surface area contributed by atoms with E-state index in [1.165, 1.54) is 77.2 Å². The summed E-state index contributed by atoms with van der Waals surface area (Å²) in [5.41, 5.74) is 12.7. The van der Waals surface area contributed by atoms with Gasteiger partial charge in [0.05, 0.1) is 27.8 Å². The molecular formula is C39H28N2. The SMILES string of the molecule is CC1(C)c2cc(-n3c4ccccc4c4ccccc43)ccc2-c2c(-n3c4ccccc4c4ccccc43)cccc21. The van der Waals surface area contributed by atoms with Gasteiger partial charge in [0.2, 0.25) is 0 Å². The Morgan fingerprint density at radius 3 is 1.46 bits per heavy atom. The fourth-order valence-electron chi connectivity index (χ4n) is 7.46. The molecule has 6 aromatic carbocycles. The number of hydrogen-bond acceptors (Lipinski definition) is 0. The zero-order valence-electron chi connectivity index (χ0n) is 23.1. The first-order valence-electron chi connectivity index (χ1n) is 14.4. The summed E-state index contributed by atoms with van der Waals surface area (Å²) in [5, 5.41) is 5.17. The number of fused-ring (bicyclic) bond motifs is 9. The molecule has 0 aliphatic heterocycles. The molecule has 0 radical (unpaired) electrons. The van der Waals surface area contributed by atoms with Crippen LogP contribution in [0.4, 0.5) is 0 Å². The number of aromatic nitrogens is 2. The zero-order valence-corrected chi connectivity index (χ0v) is 23.1. The van der Waals surface area contributed by atoms with Crippen LogP contribution in [-0.4, -0.2) is 9.13 Å². The molecule has 0 N–H and O–H groups in total. The Morgan fingerprint density at radius 2 is 0.927 bits per heavy atom. The van der Waals surface area contributed by atoms with Crippen molar-refractivity contribution >= 4 is 43.6 Å². The van der Waals surface area contributed by atoms with Crippen LogP contribution < -0.4 is 0 Å². The van der Waals surface area contributed by atoms with Gasteiger partial charge in [0, 0.05) is 38.2 Å². The topological polar surface area (TPSA) is 9.86 Å². The van der Waals surface area contributed by atoms with Gasteiger partial charge in [-0.05, 0) is 59.2 Å². The summed E-state index contributed by atoms with van der Waals surface area (Å²) in [5.74, 6) is 0. The smallest absolute Gasteiger partial charge is 0.0543 e. The Balaban J connectivity index is 1.33. The fourth-order valence-corrected chi connectivity index (χ4v) is 7.46. The Hall–Kier alpha value is -5.08. The molecule has 2 nitrogen and oxygen atoms in total. The summed E-state index contributed by atoms with van der Waals surface area (Å²) >= 11 is 0. The van der Waals surface area contributed by atoms with E-state index in [-0.39, 0.29) is 5.41 Å². The molecule has 0 spiro atoms. The summed E-state index contributed by atoms with van der Waals surface area (Å²) in [6, 6.07) is 49.0. The van der Waals surface area contributed by atoms with Gasteiger partial charge < -0.3 is 9.13 Å². The van der Waals surface area contributed by atoms with Gasteiger partial charge in [0.15, 0.2) is 0 Å². The third-order valence-electron chi connectivity index (χ3n) is 9.32. The Labute approximate surface area is 238 Å². The van der Waals surface area contributed by atoms with Crippen molar-refractivity contribution in [3.05, 3.63) is 145 Å². The predicted octanol–water partition coefficient (Wildman–Crippen LogP) is 10.2. The lowest BCUT2D eigenvalue weighted by atomic mass is 9.82. The van der Waals surface area contributed by atoms with Gasteiger partial charge in [-0.25, -0.2) is 0 Å². The summed E-state index contributed by atoms with van der Waals surface area (Å²) in [6.07, 6.45) is 0. The Bertz CT molecular complexity index is 2240. The standard InChI is InChI=1S/C39H28N2/c1-39(2)31-16-11-21-37(41-35-19-9-5-14-28(35)29-15-6-10-20-36(29)41)38(31)30-23-22-25(24-32(30)39)40-33-17-7-3-12-26(33)27-13-4-8-18-34(27)40/h3-24H,1-2H3. The highest BCUT2D eigenvalue weighted by atomic mass is 15.0. The largest absolute Gasteiger partial charge is 0.309 e. The summed E-state index contributed by atoms with van der Waals surface area (Å²) in [4.78, 5) is 0. The summed E-state index contributed by atoms with van der Waals surface area (Å²) in [7, 11) is 0. The highest BCUT2D eigenvalue weighted by molar-refractivity contribution is 6.11. The fraction of sp³-hybridized carbons (Fsp3) is 0.0769. The third kappa shape index (κ3) is 2.92. The van der Waals surface area contributed by atoms with Gasteiger partial charge in [-0.1, -0.05) is 105 Å². The van der Waals surface area contributed by atoms with Crippen molar-refractivity contribution < 1.29 is 0 Å². The van der Waals surface area contributed by atoms with E-state index in [0.717, 1.165) is 0 Å². The predicted molar refractivity (Wildman–Crippen MR) is 173 cm³/mol. The van der Waals surface area contributed by atoms with E-state index < -0.39 is 0 Å². The van der Waals surface area contributed by atoms with E-state index in [4.69, 9.17) is 0 Å². The van der Waals surface area contributed by atoms with Crippen molar-refractivity contribution in [2.45, 2.75) is 19.3 Å². The lowest BCUT2D eigenvalue weighted by Gasteiger charge is -2.22. The molecular weight excluding hydrogens is 496 g/mol. The monoisotopic (exact) mass is 524 g/mol. The van der Waals surface area contributed by atoms with Crippen LogP contribution in [0.1, 0.15) is 25.0 Å². The van der Waals surface area contributed by atoms with E-state index in [9.17, 15) is 0 Å². The zero-order chi connectivity index (χ0) is 27.3. The maximum Gasteiger partial charge on any atom is 0.0543 e. The van der Waals surface area contributed by atoms with Crippen LogP contribution in [0.25, 0.3) is 66.1 Å². The minimum absolute atomic E-state index is 0.131. The first kappa shape index (κ1) is 22.7. The van der Waals surface area contributed by atoms with Crippen molar-refractivity contribution in [2.24, 2.45) is 0 Å². The quantitative estimate of drug-likeness (QED) is 0.213. The Morgan fingerprint density at radius 1 is 0.439 bits per heavy atom. The molecule has 194 valence electrons. The molecule has 0 amide bonds. The van der Waals surface area contributed by atoms with E-state index in [0.29, 0.717) is 0 Å². The molecule has 2 heteroatoms. The number of hydrogen-bond donors (Lipinski definition) is 0. The van der Waals surface area contributed by atoms with Gasteiger partial charge >= 0.3 is 0 Å². The highest BCUT2D eigenvalue weighted by Crippen LogP contribution is 2.52. The molecule has 0 bridgehead atoms. The molecule has 0 atom stereocenters. The van der Waals surface area contributed by atoms with Crippen LogP contribution >= 0.6 is 0 Å². The summed E-state index contributed by atoms with van der Waals surface area (Å²) < 4.78 is 4.90. The molecule has 1 aliphatic carbocycles. The van der Waals surface area contributed by atoms with Crippen LogP contribution in [0.5, 0.6) is 0 Å². The molecule has 1 aliphatic rings. The average Bonchev–Trinajstić information content (AvgIpc) is 3.61. The number of benzene rings is 6. The Kier molecular flexibility index (Phi) is 4.42. The molecule has 0 fully saturated rings. The van der Waals surface area contributed by atoms with Crippen LogP contribution in [-0.2, 0) is 5.41 Å². The lowest BCUT2D eigenvalue weighted by molar-refractivity contribution is 0.659. The molecule has 0 saturated heterocycles. The van der Waals surface area contributed by atoms with Gasteiger partial charge in [-0.3, -0.25) is 0 Å². The van der Waals surface area contributed by atoms with E-state index in [2.05, 4.69) is 156 Å². The van der Waals surface area contributed by atoms with Crippen molar-refractivity contribution in [1.29, 1.82) is 0 Å². The van der Waals surface area contributed by atoms with Gasteiger partial charge in [-0.15, -0.1) is 0 Å². The lowest BCUT2D eigenvalue weighted by Crippen LogP contribution is -2.15. The number of rotatable bonds is 2. The van der Waals surface area contributed by atoms with Crippen LogP contribution in [0.2, 0.25) is 0 Å². The molecule has 41 heavy (non-hydrogen) atoms. The number of para-hydroxylation sites is 4. The van der Waals surface area contributed by atoms with E-state index >= 15 is 0 Å². The highest BCUT2D eigenvalue weighted by Gasteiger charge is 2.37. The van der Waals surface area contributed by atoms with Crippen LogP contribution in [0, 0.1) is 0 Å². The second-order valence-electron chi connectivity index (χ2n) is 11.8. The maximum atomic E-state index is 2.47. The number of nitrogens with zero attached hydrogens (tertiary/aromatic N) is 2. The third-order valence-corrected chi connectivity index (χ3v) is 9.32. The molecule has 0 saturated carbocycles. The van der Waals surface area contributed by atoms with Crippen LogP contribution in [0.15, 0.2) is 133 Å². The molecule has 8 aromatic rings. The molecule has 2 heterocycles.